The maximum Gasteiger partial charge on any atom is 0.191 e. The van der Waals surface area contributed by atoms with E-state index in [1.165, 1.54) is 0 Å². The van der Waals surface area contributed by atoms with Crippen LogP contribution in [0.25, 0.3) is 0 Å². The minimum absolute atomic E-state index is 0. The zero-order valence-corrected chi connectivity index (χ0v) is 20.2. The zero-order valence-electron chi connectivity index (χ0n) is 17.9. The van der Waals surface area contributed by atoms with E-state index in [-0.39, 0.29) is 24.0 Å². The molecule has 0 aliphatic rings. The number of likely N-dealkylation sites (N-methyl/N-ethyl adjacent to an activating group) is 1. The van der Waals surface area contributed by atoms with Gasteiger partial charge in [0, 0.05) is 32.6 Å². The van der Waals surface area contributed by atoms with Crippen molar-refractivity contribution in [1.29, 1.82) is 0 Å². The van der Waals surface area contributed by atoms with E-state index in [9.17, 15) is 0 Å². The van der Waals surface area contributed by atoms with Crippen molar-refractivity contribution in [2.45, 2.75) is 33.4 Å². The van der Waals surface area contributed by atoms with Gasteiger partial charge in [-0.1, -0.05) is 19.1 Å². The highest BCUT2D eigenvalue weighted by Gasteiger charge is 2.03. The van der Waals surface area contributed by atoms with Crippen molar-refractivity contribution in [3.8, 4) is 5.75 Å². The molecule has 0 unspecified atom stereocenters. The molecule has 0 aliphatic heterocycles. The molecule has 0 bridgehead atoms. The number of ether oxygens (including phenoxy) is 1. The largest absolute Gasteiger partial charge is 0.492 e. The Hall–Kier alpha value is -1.88. The van der Waals surface area contributed by atoms with E-state index in [1.54, 1.807) is 6.33 Å². The van der Waals surface area contributed by atoms with Crippen LogP contribution in [0.1, 0.15) is 25.2 Å². The Morgan fingerprint density at radius 1 is 1.24 bits per heavy atom. The van der Waals surface area contributed by atoms with Crippen molar-refractivity contribution >= 4 is 29.9 Å². The van der Waals surface area contributed by atoms with Gasteiger partial charge in [0.15, 0.2) is 5.96 Å². The Labute approximate surface area is 191 Å². The van der Waals surface area contributed by atoms with E-state index in [4.69, 9.17) is 4.74 Å². The molecule has 9 heteroatoms. The van der Waals surface area contributed by atoms with Gasteiger partial charge in [0.2, 0.25) is 0 Å². The Bertz CT molecular complexity index is 733. The minimum atomic E-state index is 0. The van der Waals surface area contributed by atoms with Crippen LogP contribution >= 0.6 is 24.0 Å². The molecule has 0 aliphatic carbocycles. The molecule has 0 fully saturated rings. The lowest BCUT2D eigenvalue weighted by Gasteiger charge is -2.13. The summed E-state index contributed by atoms with van der Waals surface area (Å²) < 4.78 is 7.86. The molecular formula is C20H34IN7O. The molecule has 0 saturated heterocycles. The van der Waals surface area contributed by atoms with Gasteiger partial charge in [-0.2, -0.15) is 0 Å². The predicted octanol–water partition coefficient (Wildman–Crippen LogP) is 2.15. The van der Waals surface area contributed by atoms with Crippen LogP contribution in [0, 0.1) is 0 Å². The molecule has 0 amide bonds. The molecule has 0 radical (unpaired) electrons. The van der Waals surface area contributed by atoms with Gasteiger partial charge in [0.05, 0.1) is 6.54 Å². The van der Waals surface area contributed by atoms with E-state index in [0.29, 0.717) is 13.2 Å². The fourth-order valence-corrected chi connectivity index (χ4v) is 2.63. The maximum absolute atomic E-state index is 5.80. The topological polar surface area (TPSA) is 79.6 Å². The van der Waals surface area contributed by atoms with E-state index < -0.39 is 0 Å². The Morgan fingerprint density at radius 3 is 2.79 bits per heavy atom. The first-order chi connectivity index (χ1) is 13.6. The van der Waals surface area contributed by atoms with Crippen LogP contribution < -0.4 is 15.4 Å². The fourth-order valence-electron chi connectivity index (χ4n) is 2.63. The van der Waals surface area contributed by atoms with E-state index >= 15 is 0 Å². The summed E-state index contributed by atoms with van der Waals surface area (Å²) in [5.41, 5.74) is 1.12. The van der Waals surface area contributed by atoms with Crippen molar-refractivity contribution in [2.75, 3.05) is 40.3 Å². The van der Waals surface area contributed by atoms with Gasteiger partial charge in [-0.15, -0.1) is 34.2 Å². The summed E-state index contributed by atoms with van der Waals surface area (Å²) in [6.45, 7) is 8.67. The number of aryl methyl sites for hydroxylation is 1. The average molecular weight is 515 g/mol. The third-order valence-corrected chi connectivity index (χ3v) is 4.13. The van der Waals surface area contributed by atoms with Crippen molar-refractivity contribution in [2.24, 2.45) is 4.99 Å². The zero-order chi connectivity index (χ0) is 20.2. The van der Waals surface area contributed by atoms with Gasteiger partial charge in [-0.3, -0.25) is 0 Å². The number of aromatic nitrogens is 3. The third-order valence-electron chi connectivity index (χ3n) is 4.13. The number of halogens is 1. The average Bonchev–Trinajstić information content (AvgIpc) is 3.13. The summed E-state index contributed by atoms with van der Waals surface area (Å²) in [5, 5.41) is 14.7. The van der Waals surface area contributed by atoms with Crippen LogP contribution in [0.15, 0.2) is 35.6 Å². The molecular weight excluding hydrogens is 481 g/mol. The van der Waals surface area contributed by atoms with Crippen molar-refractivity contribution < 1.29 is 4.74 Å². The highest BCUT2D eigenvalue weighted by molar-refractivity contribution is 14.0. The van der Waals surface area contributed by atoms with Crippen molar-refractivity contribution in [1.82, 2.24) is 30.3 Å². The van der Waals surface area contributed by atoms with E-state index in [1.807, 2.05) is 32.3 Å². The van der Waals surface area contributed by atoms with Gasteiger partial charge in [-0.25, -0.2) is 4.99 Å². The predicted molar refractivity (Wildman–Crippen MR) is 128 cm³/mol. The Kier molecular flexibility index (Phi) is 12.3. The molecule has 29 heavy (non-hydrogen) atoms. The Morgan fingerprint density at radius 2 is 2.07 bits per heavy atom. The number of rotatable bonds is 11. The summed E-state index contributed by atoms with van der Waals surface area (Å²) in [6.07, 6.45) is 2.65. The number of benzene rings is 1. The standard InChI is InChI=1S/C20H33N7O.HI/c1-5-19-25-24-16-27(19)11-10-22-20(21-6-2)23-15-17-8-7-9-18(14-17)28-13-12-26(3)4;/h7-9,14,16H,5-6,10-13,15H2,1-4H3,(H2,21,22,23);1H. The summed E-state index contributed by atoms with van der Waals surface area (Å²) in [6, 6.07) is 8.11. The number of nitrogens with zero attached hydrogens (tertiary/aromatic N) is 5. The van der Waals surface area contributed by atoms with Crippen LogP contribution in [-0.4, -0.2) is 66.0 Å². The van der Waals surface area contributed by atoms with Crippen LogP contribution in [-0.2, 0) is 19.5 Å². The Balaban J connectivity index is 0.00000420. The number of nitrogens with one attached hydrogen (secondary N) is 2. The second-order valence-corrected chi connectivity index (χ2v) is 6.72. The second kappa shape index (κ2) is 14.2. The number of hydrogen-bond donors (Lipinski definition) is 2. The van der Waals surface area contributed by atoms with Crippen LogP contribution in [0.4, 0.5) is 0 Å². The van der Waals surface area contributed by atoms with E-state index in [0.717, 1.165) is 55.7 Å². The highest BCUT2D eigenvalue weighted by Crippen LogP contribution is 2.14. The smallest absolute Gasteiger partial charge is 0.191 e. The monoisotopic (exact) mass is 515 g/mol. The lowest BCUT2D eigenvalue weighted by atomic mass is 10.2. The van der Waals surface area contributed by atoms with Crippen molar-refractivity contribution in [3.63, 3.8) is 0 Å². The molecule has 1 aromatic heterocycles. The molecule has 1 heterocycles. The molecule has 2 rings (SSSR count). The number of guanidine groups is 1. The normalized spacial score (nSPS) is 11.3. The summed E-state index contributed by atoms with van der Waals surface area (Å²) in [7, 11) is 4.08. The van der Waals surface area contributed by atoms with Crippen LogP contribution in [0.2, 0.25) is 0 Å². The summed E-state index contributed by atoms with van der Waals surface area (Å²) >= 11 is 0. The van der Waals surface area contributed by atoms with E-state index in [2.05, 4.69) is 55.2 Å². The summed E-state index contributed by atoms with van der Waals surface area (Å²) in [5.74, 6) is 2.68. The van der Waals surface area contributed by atoms with Gasteiger partial charge < -0.3 is 24.8 Å². The molecule has 2 aromatic rings. The van der Waals surface area contributed by atoms with Gasteiger partial charge in [-0.05, 0) is 38.7 Å². The molecule has 162 valence electrons. The highest BCUT2D eigenvalue weighted by atomic mass is 127. The number of hydrogen-bond acceptors (Lipinski definition) is 5. The van der Waals surface area contributed by atoms with Gasteiger partial charge >= 0.3 is 0 Å². The lowest BCUT2D eigenvalue weighted by Crippen LogP contribution is -2.38. The molecule has 8 nitrogen and oxygen atoms in total. The SMILES string of the molecule is CCNC(=NCc1cccc(OCCN(C)C)c1)NCCn1cnnc1CC.I. The van der Waals surface area contributed by atoms with Crippen LogP contribution in [0.3, 0.4) is 0 Å². The fraction of sp³-hybridized carbons (Fsp3) is 0.550. The maximum atomic E-state index is 5.80. The number of aliphatic imine (C=N–C) groups is 1. The van der Waals surface area contributed by atoms with Crippen molar-refractivity contribution in [3.05, 3.63) is 42.0 Å². The van der Waals surface area contributed by atoms with Gasteiger partial charge in [0.25, 0.3) is 0 Å². The first-order valence-corrected chi connectivity index (χ1v) is 9.87. The summed E-state index contributed by atoms with van der Waals surface area (Å²) in [4.78, 5) is 6.79. The van der Waals surface area contributed by atoms with Crippen LogP contribution in [0.5, 0.6) is 5.75 Å². The second-order valence-electron chi connectivity index (χ2n) is 6.72. The molecule has 1 aromatic carbocycles. The minimum Gasteiger partial charge on any atom is -0.492 e. The third kappa shape index (κ3) is 9.44. The molecule has 0 atom stereocenters. The quantitative estimate of drug-likeness (QED) is 0.271. The van der Waals surface area contributed by atoms with Gasteiger partial charge in [0.1, 0.15) is 24.5 Å². The molecule has 0 spiro atoms. The lowest BCUT2D eigenvalue weighted by molar-refractivity contribution is 0.261. The molecule has 2 N–H and O–H groups in total. The first-order valence-electron chi connectivity index (χ1n) is 9.87. The molecule has 0 saturated carbocycles. The first kappa shape index (κ1) is 25.2.